The van der Waals surface area contributed by atoms with Gasteiger partial charge in [-0.05, 0) is 68.0 Å². The van der Waals surface area contributed by atoms with Crippen LogP contribution >= 0.6 is 0 Å². The zero-order valence-corrected chi connectivity index (χ0v) is 12.1. The number of hydrogen-bond donors (Lipinski definition) is 0. The van der Waals surface area contributed by atoms with Crippen molar-refractivity contribution in [2.75, 3.05) is 0 Å². The monoisotopic (exact) mass is 261 g/mol. The Morgan fingerprint density at radius 1 is 0.900 bits per heavy atom. The second-order valence-electron chi connectivity index (χ2n) is 5.98. The van der Waals surface area contributed by atoms with Gasteiger partial charge in [-0.3, -0.25) is 0 Å². The molecule has 0 spiro atoms. The van der Waals surface area contributed by atoms with Crippen LogP contribution in [0.4, 0.5) is 0 Å². The van der Waals surface area contributed by atoms with E-state index in [1.54, 1.807) is 5.56 Å². The maximum Gasteiger partial charge on any atom is 0.0534 e. The maximum absolute atomic E-state index is 2.48. The van der Waals surface area contributed by atoms with Crippen LogP contribution in [0.15, 0.2) is 42.5 Å². The van der Waals surface area contributed by atoms with Crippen LogP contribution in [-0.4, -0.2) is 4.57 Å². The third kappa shape index (κ3) is 1.62. The standard InChI is InChI=1S/C19H19N/c1-13-10-14(2)12-15(11-13)20-18-8-4-3-6-16(18)17-7-5-9-19(17)20/h3-4,6,8,10-12H,5,7,9H2,1-2H3. The highest BCUT2D eigenvalue weighted by Gasteiger charge is 2.21. The van der Waals surface area contributed by atoms with Gasteiger partial charge in [0.2, 0.25) is 0 Å². The molecule has 0 unspecified atom stereocenters. The van der Waals surface area contributed by atoms with Crippen molar-refractivity contribution >= 4 is 10.9 Å². The Hall–Kier alpha value is -2.02. The molecular weight excluding hydrogens is 242 g/mol. The van der Waals surface area contributed by atoms with E-state index in [1.165, 1.54) is 52.7 Å². The molecule has 0 bridgehead atoms. The molecule has 20 heavy (non-hydrogen) atoms. The molecule has 0 radical (unpaired) electrons. The Kier molecular flexibility index (Phi) is 2.50. The van der Waals surface area contributed by atoms with E-state index in [-0.39, 0.29) is 0 Å². The van der Waals surface area contributed by atoms with Crippen LogP contribution in [0.1, 0.15) is 28.8 Å². The van der Waals surface area contributed by atoms with Gasteiger partial charge >= 0.3 is 0 Å². The molecule has 1 heteroatoms. The summed E-state index contributed by atoms with van der Waals surface area (Å²) in [7, 11) is 0. The van der Waals surface area contributed by atoms with Crippen LogP contribution in [0.3, 0.4) is 0 Å². The minimum Gasteiger partial charge on any atom is -0.313 e. The van der Waals surface area contributed by atoms with E-state index < -0.39 is 0 Å². The topological polar surface area (TPSA) is 4.93 Å². The van der Waals surface area contributed by atoms with Gasteiger partial charge in [0.25, 0.3) is 0 Å². The zero-order chi connectivity index (χ0) is 13.7. The van der Waals surface area contributed by atoms with Crippen LogP contribution in [0.5, 0.6) is 0 Å². The van der Waals surface area contributed by atoms with Gasteiger partial charge in [-0.25, -0.2) is 0 Å². The zero-order valence-electron chi connectivity index (χ0n) is 12.1. The van der Waals surface area contributed by atoms with Gasteiger partial charge < -0.3 is 4.57 Å². The van der Waals surface area contributed by atoms with E-state index in [9.17, 15) is 0 Å². The molecule has 3 aromatic rings. The van der Waals surface area contributed by atoms with E-state index in [1.807, 2.05) is 0 Å². The Morgan fingerprint density at radius 2 is 1.65 bits per heavy atom. The first-order valence-corrected chi connectivity index (χ1v) is 7.44. The Balaban J connectivity index is 2.09. The molecule has 100 valence electrons. The van der Waals surface area contributed by atoms with Gasteiger partial charge in [-0.15, -0.1) is 0 Å². The van der Waals surface area contributed by atoms with Crippen LogP contribution in [0, 0.1) is 13.8 Å². The predicted octanol–water partition coefficient (Wildman–Crippen LogP) is 4.74. The molecule has 2 aromatic carbocycles. The molecule has 1 aliphatic rings. The van der Waals surface area contributed by atoms with Crippen molar-refractivity contribution in [3.8, 4) is 5.69 Å². The summed E-state index contributed by atoms with van der Waals surface area (Å²) in [5.41, 5.74) is 8.45. The Labute approximate surface area is 119 Å². The molecule has 0 amide bonds. The molecule has 1 heterocycles. The van der Waals surface area contributed by atoms with Crippen LogP contribution in [0.25, 0.3) is 16.6 Å². The van der Waals surface area contributed by atoms with Crippen molar-refractivity contribution in [1.82, 2.24) is 4.57 Å². The van der Waals surface area contributed by atoms with Gasteiger partial charge in [-0.1, -0.05) is 24.3 Å². The lowest BCUT2D eigenvalue weighted by atomic mass is 10.1. The van der Waals surface area contributed by atoms with Gasteiger partial charge in [0, 0.05) is 16.8 Å². The first kappa shape index (κ1) is 11.8. The third-order valence-electron chi connectivity index (χ3n) is 4.39. The molecule has 1 aliphatic carbocycles. The molecular formula is C19H19N. The van der Waals surface area contributed by atoms with Crippen molar-refractivity contribution in [3.63, 3.8) is 0 Å². The van der Waals surface area contributed by atoms with Crippen molar-refractivity contribution in [2.45, 2.75) is 33.1 Å². The molecule has 0 atom stereocenters. The fraction of sp³-hybridized carbons (Fsp3) is 0.263. The summed E-state index contributed by atoms with van der Waals surface area (Å²) in [4.78, 5) is 0. The molecule has 0 aliphatic heterocycles. The average molecular weight is 261 g/mol. The van der Waals surface area contributed by atoms with Crippen LogP contribution in [-0.2, 0) is 12.8 Å². The number of nitrogens with zero attached hydrogens (tertiary/aromatic N) is 1. The van der Waals surface area contributed by atoms with E-state index in [0.29, 0.717) is 0 Å². The van der Waals surface area contributed by atoms with Gasteiger partial charge in [0.05, 0.1) is 5.52 Å². The molecule has 1 nitrogen and oxygen atoms in total. The second kappa shape index (κ2) is 4.24. The molecule has 0 saturated carbocycles. The maximum atomic E-state index is 2.48. The summed E-state index contributed by atoms with van der Waals surface area (Å²) >= 11 is 0. The first-order chi connectivity index (χ1) is 9.74. The lowest BCUT2D eigenvalue weighted by Crippen LogP contribution is -1.99. The van der Waals surface area contributed by atoms with E-state index in [0.717, 1.165) is 0 Å². The van der Waals surface area contributed by atoms with Crippen molar-refractivity contribution in [1.29, 1.82) is 0 Å². The fourth-order valence-corrected chi connectivity index (χ4v) is 3.71. The largest absolute Gasteiger partial charge is 0.313 e. The second-order valence-corrected chi connectivity index (χ2v) is 5.98. The first-order valence-electron chi connectivity index (χ1n) is 7.44. The van der Waals surface area contributed by atoms with Gasteiger partial charge in [-0.2, -0.15) is 0 Å². The SMILES string of the molecule is Cc1cc(C)cc(-n2c3c(c4ccccc42)CCC3)c1. The minimum absolute atomic E-state index is 1.21. The summed E-state index contributed by atoms with van der Waals surface area (Å²) in [5, 5.41) is 1.44. The highest BCUT2D eigenvalue weighted by atomic mass is 15.0. The third-order valence-corrected chi connectivity index (χ3v) is 4.39. The lowest BCUT2D eigenvalue weighted by Gasteiger charge is -2.11. The van der Waals surface area contributed by atoms with Crippen LogP contribution < -0.4 is 0 Å². The van der Waals surface area contributed by atoms with Gasteiger partial charge in [0.15, 0.2) is 0 Å². The minimum atomic E-state index is 1.21. The molecule has 0 saturated heterocycles. The number of benzene rings is 2. The number of fused-ring (bicyclic) bond motifs is 3. The van der Waals surface area contributed by atoms with E-state index in [4.69, 9.17) is 0 Å². The number of aromatic nitrogens is 1. The predicted molar refractivity (Wildman–Crippen MR) is 84.8 cm³/mol. The Morgan fingerprint density at radius 3 is 2.45 bits per heavy atom. The van der Waals surface area contributed by atoms with Crippen molar-refractivity contribution < 1.29 is 0 Å². The summed E-state index contributed by atoms with van der Waals surface area (Å²) in [5.74, 6) is 0. The van der Waals surface area contributed by atoms with E-state index in [2.05, 4.69) is 60.9 Å². The summed E-state index contributed by atoms with van der Waals surface area (Å²) < 4.78 is 2.48. The van der Waals surface area contributed by atoms with Crippen molar-refractivity contribution in [2.24, 2.45) is 0 Å². The normalized spacial score (nSPS) is 13.9. The van der Waals surface area contributed by atoms with E-state index >= 15 is 0 Å². The average Bonchev–Trinajstić information content (AvgIpc) is 2.97. The Bertz CT molecular complexity index is 788. The van der Waals surface area contributed by atoms with Gasteiger partial charge in [0.1, 0.15) is 0 Å². The number of rotatable bonds is 1. The number of para-hydroxylation sites is 1. The lowest BCUT2D eigenvalue weighted by molar-refractivity contribution is 0.873. The summed E-state index contributed by atoms with van der Waals surface area (Å²) in [6.07, 6.45) is 3.73. The number of hydrogen-bond acceptors (Lipinski definition) is 0. The number of aryl methyl sites for hydroxylation is 3. The molecule has 1 aromatic heterocycles. The molecule has 4 rings (SSSR count). The highest BCUT2D eigenvalue weighted by Crippen LogP contribution is 2.35. The summed E-state index contributed by atoms with van der Waals surface area (Å²) in [6.45, 7) is 4.37. The quantitative estimate of drug-likeness (QED) is 0.596. The smallest absolute Gasteiger partial charge is 0.0534 e. The highest BCUT2D eigenvalue weighted by molar-refractivity contribution is 5.88. The molecule has 0 fully saturated rings. The van der Waals surface area contributed by atoms with Crippen molar-refractivity contribution in [3.05, 3.63) is 64.8 Å². The fourth-order valence-electron chi connectivity index (χ4n) is 3.71. The van der Waals surface area contributed by atoms with Crippen LogP contribution in [0.2, 0.25) is 0 Å². The summed E-state index contributed by atoms with van der Waals surface area (Å²) in [6, 6.07) is 15.7. The molecule has 0 N–H and O–H groups in total.